The molecule has 1 saturated heterocycles. The second kappa shape index (κ2) is 10.6. The van der Waals surface area contributed by atoms with Crippen LogP contribution in [0.1, 0.15) is 32.8 Å². The summed E-state index contributed by atoms with van der Waals surface area (Å²) in [6.07, 6.45) is 0.887. The van der Waals surface area contributed by atoms with Crippen molar-refractivity contribution >= 4 is 27.3 Å². The van der Waals surface area contributed by atoms with Crippen molar-refractivity contribution in [3.63, 3.8) is 0 Å². The Hall–Kier alpha value is -2.52. The summed E-state index contributed by atoms with van der Waals surface area (Å²) in [5.41, 5.74) is 2.92. The Morgan fingerprint density at radius 3 is 2.58 bits per heavy atom. The Labute approximate surface area is 199 Å². The molecule has 1 N–H and O–H groups in total. The maximum atomic E-state index is 13.2. The predicted molar refractivity (Wildman–Crippen MR) is 132 cm³/mol. The summed E-state index contributed by atoms with van der Waals surface area (Å²) in [5.74, 6) is -0.123. The first kappa shape index (κ1) is 23.6. The first-order valence-corrected chi connectivity index (χ1v) is 13.5. The molecule has 0 saturated carbocycles. The summed E-state index contributed by atoms with van der Waals surface area (Å²) in [7, 11) is -3.70. The van der Waals surface area contributed by atoms with Gasteiger partial charge in [-0.05, 0) is 48.6 Å². The summed E-state index contributed by atoms with van der Waals surface area (Å²) < 4.78 is 28.1. The summed E-state index contributed by atoms with van der Waals surface area (Å²) in [6.45, 7) is 6.19. The van der Waals surface area contributed by atoms with Crippen LogP contribution in [-0.2, 0) is 23.1 Å². The Bertz CT molecular complexity index is 1180. The summed E-state index contributed by atoms with van der Waals surface area (Å²) in [5, 5.41) is 1.91. The molecule has 1 aromatic heterocycles. The molecule has 8 heteroatoms. The van der Waals surface area contributed by atoms with Gasteiger partial charge in [0, 0.05) is 49.7 Å². The first-order valence-electron chi connectivity index (χ1n) is 11.1. The number of aryl methyl sites for hydroxylation is 1. The molecule has 0 aliphatic carbocycles. The molecule has 3 aromatic rings. The van der Waals surface area contributed by atoms with Gasteiger partial charge in [0.25, 0.3) is 5.91 Å². The third-order valence-electron chi connectivity index (χ3n) is 5.81. The third-order valence-corrected chi connectivity index (χ3v) is 8.09. The molecule has 174 valence electrons. The van der Waals surface area contributed by atoms with Crippen LogP contribution >= 0.6 is 11.3 Å². The molecule has 1 aliphatic rings. The van der Waals surface area contributed by atoms with Crippen molar-refractivity contribution < 1.29 is 13.2 Å². The summed E-state index contributed by atoms with van der Waals surface area (Å²) in [4.78, 5) is 18.4. The first-order chi connectivity index (χ1) is 15.9. The Kier molecular flexibility index (Phi) is 7.60. The molecule has 0 atom stereocenters. The third kappa shape index (κ3) is 6.29. The minimum atomic E-state index is -3.70. The minimum absolute atomic E-state index is 0.112. The average molecular weight is 484 g/mol. The van der Waals surface area contributed by atoms with Crippen LogP contribution in [0, 0.1) is 6.92 Å². The van der Waals surface area contributed by atoms with E-state index in [0.717, 1.165) is 30.9 Å². The van der Waals surface area contributed by atoms with Crippen molar-refractivity contribution in [2.75, 3.05) is 26.2 Å². The Morgan fingerprint density at radius 1 is 1.00 bits per heavy atom. The smallest absolute Gasteiger partial charge is 0.253 e. The number of carbonyl (C=O) groups excluding carboxylic acids is 1. The molecule has 1 fully saturated rings. The normalized spacial score (nSPS) is 15.4. The van der Waals surface area contributed by atoms with Gasteiger partial charge in [0.1, 0.15) is 0 Å². The highest BCUT2D eigenvalue weighted by atomic mass is 32.2. The van der Waals surface area contributed by atoms with Crippen molar-refractivity contribution in [2.45, 2.75) is 31.3 Å². The highest BCUT2D eigenvalue weighted by molar-refractivity contribution is 7.89. The topological polar surface area (TPSA) is 69.7 Å². The number of rotatable bonds is 7. The molecular weight excluding hydrogens is 454 g/mol. The predicted octanol–water partition coefficient (Wildman–Crippen LogP) is 3.88. The second-order valence-electron chi connectivity index (χ2n) is 8.34. The van der Waals surface area contributed by atoms with Gasteiger partial charge in [-0.1, -0.05) is 42.0 Å². The van der Waals surface area contributed by atoms with Crippen LogP contribution in [0.4, 0.5) is 0 Å². The lowest BCUT2D eigenvalue weighted by atomic mass is 10.1. The maximum absolute atomic E-state index is 13.2. The average Bonchev–Trinajstić information content (AvgIpc) is 3.24. The van der Waals surface area contributed by atoms with Crippen LogP contribution in [0.5, 0.6) is 0 Å². The van der Waals surface area contributed by atoms with Crippen LogP contribution in [0.15, 0.2) is 70.9 Å². The van der Waals surface area contributed by atoms with Gasteiger partial charge in [0.15, 0.2) is 0 Å². The van der Waals surface area contributed by atoms with Gasteiger partial charge in [-0.15, -0.1) is 11.3 Å². The highest BCUT2D eigenvalue weighted by Gasteiger charge is 2.22. The van der Waals surface area contributed by atoms with E-state index >= 15 is 0 Å². The van der Waals surface area contributed by atoms with Crippen LogP contribution in [0.2, 0.25) is 0 Å². The van der Waals surface area contributed by atoms with Gasteiger partial charge >= 0.3 is 0 Å². The van der Waals surface area contributed by atoms with Crippen molar-refractivity contribution in [2.24, 2.45) is 0 Å². The van der Waals surface area contributed by atoms with E-state index in [9.17, 15) is 13.2 Å². The maximum Gasteiger partial charge on any atom is 0.253 e. The van der Waals surface area contributed by atoms with E-state index in [1.807, 2.05) is 22.4 Å². The molecule has 0 unspecified atom stereocenters. The van der Waals surface area contributed by atoms with Crippen molar-refractivity contribution in [1.82, 2.24) is 14.5 Å². The number of carbonyl (C=O) groups is 1. The molecule has 33 heavy (non-hydrogen) atoms. The molecule has 2 heterocycles. The zero-order chi connectivity index (χ0) is 23.3. The van der Waals surface area contributed by atoms with E-state index in [0.29, 0.717) is 18.7 Å². The minimum Gasteiger partial charge on any atom is -0.337 e. The fourth-order valence-corrected chi connectivity index (χ4v) is 5.71. The van der Waals surface area contributed by atoms with Crippen molar-refractivity contribution in [3.05, 3.63) is 87.6 Å². The molecular formula is C25H29N3O3S2. The number of hydrogen-bond acceptors (Lipinski definition) is 5. The summed E-state index contributed by atoms with van der Waals surface area (Å²) >= 11 is 1.50. The van der Waals surface area contributed by atoms with Gasteiger partial charge in [-0.2, -0.15) is 0 Å². The Balaban J connectivity index is 1.39. The zero-order valence-corrected chi connectivity index (χ0v) is 20.4. The second-order valence-corrected chi connectivity index (χ2v) is 11.1. The molecule has 6 nitrogen and oxygen atoms in total. The summed E-state index contributed by atoms with van der Waals surface area (Å²) in [6, 6.07) is 18.7. The number of benzene rings is 2. The van der Waals surface area contributed by atoms with Gasteiger partial charge in [-0.25, -0.2) is 13.1 Å². The van der Waals surface area contributed by atoms with E-state index < -0.39 is 10.0 Å². The lowest BCUT2D eigenvalue weighted by molar-refractivity contribution is 0.0761. The van der Waals surface area contributed by atoms with Gasteiger partial charge in [-0.3, -0.25) is 9.69 Å². The monoisotopic (exact) mass is 483 g/mol. The quantitative estimate of drug-likeness (QED) is 0.554. The number of sulfonamides is 1. The van der Waals surface area contributed by atoms with Gasteiger partial charge in [0.2, 0.25) is 10.0 Å². The SMILES string of the molecule is Cc1ccc(CN2CCCN(C(=O)c3cccc(S(=O)(=O)NCc4cccs4)c3)CC2)cc1. The van der Waals surface area contributed by atoms with Crippen molar-refractivity contribution in [1.29, 1.82) is 0 Å². The van der Waals surface area contributed by atoms with Gasteiger partial charge in [0.05, 0.1) is 4.90 Å². The van der Waals surface area contributed by atoms with E-state index in [4.69, 9.17) is 0 Å². The molecule has 4 rings (SSSR count). The molecule has 0 spiro atoms. The largest absolute Gasteiger partial charge is 0.337 e. The van der Waals surface area contributed by atoms with Gasteiger partial charge < -0.3 is 4.90 Å². The number of hydrogen-bond donors (Lipinski definition) is 1. The molecule has 1 aliphatic heterocycles. The lowest BCUT2D eigenvalue weighted by Gasteiger charge is -2.22. The number of nitrogens with one attached hydrogen (secondary N) is 1. The van der Waals surface area contributed by atoms with E-state index in [1.54, 1.807) is 12.1 Å². The number of amides is 1. The van der Waals surface area contributed by atoms with Crippen molar-refractivity contribution in [3.8, 4) is 0 Å². The fourth-order valence-electron chi connectivity index (χ4n) is 3.93. The molecule has 0 bridgehead atoms. The highest BCUT2D eigenvalue weighted by Crippen LogP contribution is 2.17. The van der Waals surface area contributed by atoms with E-state index in [1.165, 1.54) is 34.6 Å². The van der Waals surface area contributed by atoms with Crippen LogP contribution < -0.4 is 4.72 Å². The molecule has 0 radical (unpaired) electrons. The number of nitrogens with zero attached hydrogens (tertiary/aromatic N) is 2. The van der Waals surface area contributed by atoms with Crippen LogP contribution in [-0.4, -0.2) is 50.3 Å². The molecule has 2 aromatic carbocycles. The Morgan fingerprint density at radius 2 is 1.82 bits per heavy atom. The van der Waals surface area contributed by atoms with E-state index in [-0.39, 0.29) is 17.3 Å². The lowest BCUT2D eigenvalue weighted by Crippen LogP contribution is -2.35. The number of thiophene rings is 1. The molecule has 1 amide bonds. The zero-order valence-electron chi connectivity index (χ0n) is 18.7. The van der Waals surface area contributed by atoms with Crippen LogP contribution in [0.3, 0.4) is 0 Å². The standard InChI is InChI=1S/C25H29N3O3S2/c1-20-8-10-21(11-9-20)19-27-12-4-13-28(15-14-27)25(29)22-5-2-7-24(17-22)33(30,31)26-18-23-6-3-16-32-23/h2-3,5-11,16-17,26H,4,12-15,18-19H2,1H3. The van der Waals surface area contributed by atoms with E-state index in [2.05, 4.69) is 40.8 Å². The fraction of sp³-hybridized carbons (Fsp3) is 0.320. The van der Waals surface area contributed by atoms with Crippen LogP contribution in [0.25, 0.3) is 0 Å².